The van der Waals surface area contributed by atoms with E-state index in [0.29, 0.717) is 5.69 Å². The Balaban J connectivity index is 1.99. The Hall–Kier alpha value is -2.54. The van der Waals surface area contributed by atoms with E-state index in [-0.39, 0.29) is 25.1 Å². The van der Waals surface area contributed by atoms with Gasteiger partial charge in [-0.1, -0.05) is 23.8 Å². The van der Waals surface area contributed by atoms with Gasteiger partial charge in [0.15, 0.2) is 0 Å². The van der Waals surface area contributed by atoms with Crippen LogP contribution in [0.1, 0.15) is 23.6 Å². The maximum atomic E-state index is 12.4. The van der Waals surface area contributed by atoms with Crippen LogP contribution in [-0.4, -0.2) is 39.8 Å². The van der Waals surface area contributed by atoms with Crippen molar-refractivity contribution in [1.82, 2.24) is 5.32 Å². The molecule has 1 N–H and O–H groups in total. The SMILES string of the molecule is Cc1ccc(OC[C@@H](C)NC(=O)CN(c2ccc(C)c(C)c2)S(C)(=O)=O)cc1. The molecule has 2 rings (SSSR count). The molecule has 2 aromatic rings. The number of hydrogen-bond acceptors (Lipinski definition) is 4. The summed E-state index contributed by atoms with van der Waals surface area (Å²) in [7, 11) is -3.60. The van der Waals surface area contributed by atoms with Crippen LogP contribution in [0.4, 0.5) is 5.69 Å². The predicted molar refractivity (Wildman–Crippen MR) is 112 cm³/mol. The Morgan fingerprint density at radius 2 is 1.71 bits per heavy atom. The third kappa shape index (κ3) is 6.27. The highest BCUT2D eigenvalue weighted by molar-refractivity contribution is 7.92. The van der Waals surface area contributed by atoms with Gasteiger partial charge < -0.3 is 10.1 Å². The van der Waals surface area contributed by atoms with Gasteiger partial charge in [0.1, 0.15) is 18.9 Å². The minimum Gasteiger partial charge on any atom is -0.491 e. The zero-order valence-corrected chi connectivity index (χ0v) is 17.8. The fourth-order valence-electron chi connectivity index (χ4n) is 2.63. The van der Waals surface area contributed by atoms with Crippen molar-refractivity contribution < 1.29 is 17.9 Å². The molecule has 1 atom stereocenters. The summed E-state index contributed by atoms with van der Waals surface area (Å²) in [4.78, 5) is 12.4. The zero-order valence-electron chi connectivity index (χ0n) is 17.0. The van der Waals surface area contributed by atoms with Crippen molar-refractivity contribution in [3.63, 3.8) is 0 Å². The Labute approximate surface area is 167 Å². The molecule has 0 saturated heterocycles. The number of anilines is 1. The van der Waals surface area contributed by atoms with Gasteiger partial charge in [-0.25, -0.2) is 8.42 Å². The molecule has 0 saturated carbocycles. The molecule has 0 fully saturated rings. The second-order valence-electron chi connectivity index (χ2n) is 7.13. The summed E-state index contributed by atoms with van der Waals surface area (Å²) in [6.45, 7) is 7.67. The first-order valence-electron chi connectivity index (χ1n) is 9.10. The van der Waals surface area contributed by atoms with Crippen molar-refractivity contribution in [2.75, 3.05) is 23.7 Å². The number of rotatable bonds is 8. The molecular formula is C21H28N2O4S. The van der Waals surface area contributed by atoms with Gasteiger partial charge in [-0.2, -0.15) is 0 Å². The van der Waals surface area contributed by atoms with E-state index in [1.54, 1.807) is 12.1 Å². The van der Waals surface area contributed by atoms with Gasteiger partial charge in [0.2, 0.25) is 15.9 Å². The molecule has 0 radical (unpaired) electrons. The van der Waals surface area contributed by atoms with Crippen LogP contribution in [0.2, 0.25) is 0 Å². The van der Waals surface area contributed by atoms with Crippen molar-refractivity contribution in [1.29, 1.82) is 0 Å². The number of aryl methyl sites for hydroxylation is 3. The predicted octanol–water partition coefficient (Wildman–Crippen LogP) is 2.96. The lowest BCUT2D eigenvalue weighted by molar-refractivity contribution is -0.120. The second kappa shape index (κ2) is 9.10. The van der Waals surface area contributed by atoms with Gasteiger partial charge in [-0.3, -0.25) is 9.10 Å². The number of benzene rings is 2. The lowest BCUT2D eigenvalue weighted by Crippen LogP contribution is -2.44. The Morgan fingerprint density at radius 3 is 2.29 bits per heavy atom. The van der Waals surface area contributed by atoms with Crippen molar-refractivity contribution in [2.24, 2.45) is 0 Å². The minimum absolute atomic E-state index is 0.269. The number of carbonyl (C=O) groups excluding carboxylic acids is 1. The minimum atomic E-state index is -3.60. The van der Waals surface area contributed by atoms with Crippen LogP contribution in [0.25, 0.3) is 0 Å². The lowest BCUT2D eigenvalue weighted by atomic mass is 10.1. The van der Waals surface area contributed by atoms with Gasteiger partial charge in [0.05, 0.1) is 18.0 Å². The molecular weight excluding hydrogens is 376 g/mol. The first kappa shape index (κ1) is 21.8. The van der Waals surface area contributed by atoms with Crippen LogP contribution >= 0.6 is 0 Å². The quantitative estimate of drug-likeness (QED) is 0.734. The second-order valence-corrected chi connectivity index (χ2v) is 9.04. The molecule has 0 aliphatic rings. The van der Waals surface area contributed by atoms with E-state index in [0.717, 1.165) is 33.0 Å². The molecule has 0 heterocycles. The van der Waals surface area contributed by atoms with Crippen LogP contribution in [0.15, 0.2) is 42.5 Å². The number of ether oxygens (including phenoxy) is 1. The topological polar surface area (TPSA) is 75.7 Å². The summed E-state index contributed by atoms with van der Waals surface area (Å²) >= 11 is 0. The van der Waals surface area contributed by atoms with Crippen molar-refractivity contribution in [2.45, 2.75) is 33.7 Å². The van der Waals surface area contributed by atoms with Crippen LogP contribution in [0.5, 0.6) is 5.75 Å². The smallest absolute Gasteiger partial charge is 0.241 e. The van der Waals surface area contributed by atoms with Crippen molar-refractivity contribution in [3.05, 3.63) is 59.2 Å². The number of hydrogen-bond donors (Lipinski definition) is 1. The molecule has 0 unspecified atom stereocenters. The van der Waals surface area contributed by atoms with Gasteiger partial charge in [-0.15, -0.1) is 0 Å². The summed E-state index contributed by atoms with van der Waals surface area (Å²) in [5.41, 5.74) is 3.64. The normalized spacial score (nSPS) is 12.3. The van der Waals surface area contributed by atoms with E-state index in [1.807, 2.05) is 58.0 Å². The van der Waals surface area contributed by atoms with Crippen LogP contribution < -0.4 is 14.4 Å². The highest BCUT2D eigenvalue weighted by atomic mass is 32.2. The third-order valence-corrected chi connectivity index (χ3v) is 5.53. The van der Waals surface area contributed by atoms with E-state index < -0.39 is 10.0 Å². The Kier molecular flexibility index (Phi) is 7.07. The maximum Gasteiger partial charge on any atom is 0.241 e. The van der Waals surface area contributed by atoms with Crippen LogP contribution in [0.3, 0.4) is 0 Å². The van der Waals surface area contributed by atoms with E-state index >= 15 is 0 Å². The molecule has 0 bridgehead atoms. The first-order valence-corrected chi connectivity index (χ1v) is 10.9. The van der Waals surface area contributed by atoms with Crippen LogP contribution in [-0.2, 0) is 14.8 Å². The molecule has 152 valence electrons. The van der Waals surface area contributed by atoms with Crippen molar-refractivity contribution >= 4 is 21.6 Å². The third-order valence-electron chi connectivity index (χ3n) is 4.39. The van der Waals surface area contributed by atoms with Crippen molar-refractivity contribution in [3.8, 4) is 5.75 Å². The van der Waals surface area contributed by atoms with Crippen LogP contribution in [0, 0.1) is 20.8 Å². The number of amides is 1. The van der Waals surface area contributed by atoms with Gasteiger partial charge in [0.25, 0.3) is 0 Å². The van der Waals surface area contributed by atoms with E-state index in [1.165, 1.54) is 0 Å². The van der Waals surface area contributed by atoms with Gasteiger partial charge >= 0.3 is 0 Å². The van der Waals surface area contributed by atoms with Gasteiger partial charge in [0, 0.05) is 0 Å². The lowest BCUT2D eigenvalue weighted by Gasteiger charge is -2.24. The summed E-state index contributed by atoms with van der Waals surface area (Å²) in [5.74, 6) is 0.336. The number of sulfonamides is 1. The average molecular weight is 405 g/mol. The largest absolute Gasteiger partial charge is 0.491 e. The fourth-order valence-corrected chi connectivity index (χ4v) is 3.48. The highest BCUT2D eigenvalue weighted by Gasteiger charge is 2.22. The molecule has 1 amide bonds. The molecule has 6 nitrogen and oxygen atoms in total. The summed E-state index contributed by atoms with van der Waals surface area (Å²) in [6, 6.07) is 12.7. The summed E-state index contributed by atoms with van der Waals surface area (Å²) in [5, 5.41) is 2.79. The van der Waals surface area contributed by atoms with E-state index in [2.05, 4.69) is 5.32 Å². The van der Waals surface area contributed by atoms with Gasteiger partial charge in [-0.05, 0) is 63.1 Å². The first-order chi connectivity index (χ1) is 13.1. The van der Waals surface area contributed by atoms with E-state index in [4.69, 9.17) is 4.74 Å². The molecule has 28 heavy (non-hydrogen) atoms. The highest BCUT2D eigenvalue weighted by Crippen LogP contribution is 2.21. The van der Waals surface area contributed by atoms with E-state index in [9.17, 15) is 13.2 Å². The Bertz CT molecular complexity index is 924. The standard InChI is InChI=1S/C21H28N2O4S/c1-15-6-10-20(11-7-15)27-14-18(4)22-21(24)13-23(28(5,25)26)19-9-8-16(2)17(3)12-19/h6-12,18H,13-14H2,1-5H3,(H,22,24)/t18-/m1/s1. The molecule has 0 aliphatic carbocycles. The Morgan fingerprint density at radius 1 is 1.07 bits per heavy atom. The monoisotopic (exact) mass is 404 g/mol. The molecule has 0 aromatic heterocycles. The number of carbonyl (C=O) groups is 1. The number of nitrogens with one attached hydrogen (secondary N) is 1. The molecule has 0 spiro atoms. The fraction of sp³-hybridized carbons (Fsp3) is 0.381. The average Bonchev–Trinajstić information content (AvgIpc) is 2.61. The zero-order chi connectivity index (χ0) is 20.9. The molecule has 7 heteroatoms. The number of nitrogens with zero attached hydrogens (tertiary/aromatic N) is 1. The molecule has 0 aliphatic heterocycles. The maximum absolute atomic E-state index is 12.4. The summed E-state index contributed by atoms with van der Waals surface area (Å²) in [6.07, 6.45) is 1.10. The molecule has 2 aromatic carbocycles. The summed E-state index contributed by atoms with van der Waals surface area (Å²) < 4.78 is 31.2.